The second-order valence-electron chi connectivity index (χ2n) is 6.76. The summed E-state index contributed by atoms with van der Waals surface area (Å²) in [7, 11) is 1.00. The van der Waals surface area contributed by atoms with Crippen LogP contribution in [0.1, 0.15) is 21.6 Å². The summed E-state index contributed by atoms with van der Waals surface area (Å²) in [6, 6.07) is 0. The first-order chi connectivity index (χ1) is 14.1. The van der Waals surface area contributed by atoms with Crippen LogP contribution >= 0.6 is 0 Å². The molecule has 0 spiro atoms. The molecule has 0 aromatic carbocycles. The molecule has 150 valence electrons. The zero-order chi connectivity index (χ0) is 20.8. The Bertz CT molecular complexity index is 895. The molecule has 1 saturated heterocycles. The molecular formula is C18H22BN7O3. The number of aryl methyl sites for hydroxylation is 1. The monoisotopic (exact) mass is 395 g/mol. The summed E-state index contributed by atoms with van der Waals surface area (Å²) in [6.07, 6.45) is 6.95. The topological polar surface area (TPSA) is 139 Å². The van der Waals surface area contributed by atoms with Gasteiger partial charge in [0.05, 0.1) is 5.56 Å². The maximum absolute atomic E-state index is 10.9. The van der Waals surface area contributed by atoms with Crippen molar-refractivity contribution in [3.05, 3.63) is 35.4 Å². The van der Waals surface area contributed by atoms with E-state index >= 15 is 0 Å². The molecule has 0 bridgehead atoms. The Balaban J connectivity index is 0.00000117. The number of anilines is 2. The van der Waals surface area contributed by atoms with Crippen LogP contribution in [0.2, 0.25) is 6.32 Å². The summed E-state index contributed by atoms with van der Waals surface area (Å²) < 4.78 is 0. The van der Waals surface area contributed by atoms with Crippen LogP contribution in [-0.4, -0.2) is 76.1 Å². The van der Waals surface area contributed by atoms with Gasteiger partial charge in [0, 0.05) is 63.5 Å². The Hall–Kier alpha value is -3.26. The van der Waals surface area contributed by atoms with Gasteiger partial charge in [-0.1, -0.05) is 6.32 Å². The van der Waals surface area contributed by atoms with Gasteiger partial charge in [0.25, 0.3) is 6.71 Å². The first-order valence-electron chi connectivity index (χ1n) is 9.38. The van der Waals surface area contributed by atoms with Gasteiger partial charge in [-0.25, -0.2) is 30.0 Å². The van der Waals surface area contributed by atoms with Crippen LogP contribution in [0.4, 0.5) is 11.9 Å². The minimum atomic E-state index is -1.03. The molecule has 0 amide bonds. The zero-order valence-corrected chi connectivity index (χ0v) is 16.2. The maximum atomic E-state index is 10.9. The van der Waals surface area contributed by atoms with E-state index < -0.39 is 5.97 Å². The second-order valence-corrected chi connectivity index (χ2v) is 6.76. The highest BCUT2D eigenvalue weighted by Gasteiger charge is 2.26. The maximum Gasteiger partial charge on any atom is 0.338 e. The van der Waals surface area contributed by atoms with Gasteiger partial charge in [-0.2, -0.15) is 0 Å². The van der Waals surface area contributed by atoms with Gasteiger partial charge in [-0.15, -0.1) is 0 Å². The molecule has 11 heteroatoms. The predicted octanol–water partition coefficient (Wildman–Crippen LogP) is 0.0953. The second kappa shape index (κ2) is 9.29. The van der Waals surface area contributed by atoms with E-state index in [2.05, 4.69) is 25.8 Å². The number of aromatic nitrogens is 4. The number of carboxylic acids is 1. The van der Waals surface area contributed by atoms with E-state index in [-0.39, 0.29) is 12.3 Å². The van der Waals surface area contributed by atoms with E-state index in [1.807, 2.05) is 11.1 Å². The molecule has 0 atom stereocenters. The lowest BCUT2D eigenvalue weighted by atomic mass is 9.43. The van der Waals surface area contributed by atoms with Crippen LogP contribution in [0.25, 0.3) is 0 Å². The van der Waals surface area contributed by atoms with Crippen LogP contribution in [0.5, 0.6) is 0 Å². The molecule has 0 saturated carbocycles. The van der Waals surface area contributed by atoms with E-state index in [0.717, 1.165) is 56.5 Å². The quantitative estimate of drug-likeness (QED) is 0.688. The molecule has 0 aliphatic carbocycles. The Kier molecular flexibility index (Phi) is 6.56. The fraction of sp³-hybridized carbons (Fsp3) is 0.444. The van der Waals surface area contributed by atoms with Crippen LogP contribution in [-0.2, 0) is 12.7 Å². The van der Waals surface area contributed by atoms with Gasteiger partial charge in [0.15, 0.2) is 0 Å². The van der Waals surface area contributed by atoms with Crippen molar-refractivity contribution in [1.82, 2.24) is 19.9 Å². The van der Waals surface area contributed by atoms with Crippen LogP contribution in [0.15, 0.2) is 18.6 Å². The number of carbonyl (C=O) groups is 1. The smallest absolute Gasteiger partial charge is 0.338 e. The van der Waals surface area contributed by atoms with Crippen LogP contribution in [0.3, 0.4) is 0 Å². The molecule has 10 nitrogen and oxygen atoms in total. The number of hydrogen-bond acceptors (Lipinski definition) is 9. The molecule has 4 heterocycles. The van der Waals surface area contributed by atoms with Crippen molar-refractivity contribution in [2.45, 2.75) is 19.1 Å². The van der Waals surface area contributed by atoms with Crippen molar-refractivity contribution in [2.75, 3.05) is 43.1 Å². The van der Waals surface area contributed by atoms with Crippen LogP contribution < -0.4 is 9.80 Å². The number of rotatable bonds is 3. The molecule has 2 aliphatic rings. The number of aromatic carboxylic acids is 1. The number of aliphatic hydroxyl groups excluding tert-OH is 1. The van der Waals surface area contributed by atoms with Gasteiger partial charge in [-0.3, -0.25) is 0 Å². The predicted molar refractivity (Wildman–Crippen MR) is 107 cm³/mol. The molecule has 4 rings (SSSR count). The summed E-state index contributed by atoms with van der Waals surface area (Å²) in [5.74, 6) is 2.57. The Morgan fingerprint density at radius 1 is 1.07 bits per heavy atom. The standard InChI is InChI=1S/C17H18BN7O2.CH4O/c19-11-18-2-1-14-12(7-18)8-22-17(23-14)25-5-3-24(4-6-25)16-20-9-13(10-21-16)15(26)27;1-2/h8-10H,1-7H2,(H,26,27);2H,1H3. The van der Waals surface area contributed by atoms with Gasteiger partial charge in [-0.05, 0) is 18.3 Å². The number of fused-ring (bicyclic) bond motifs is 1. The summed E-state index contributed by atoms with van der Waals surface area (Å²) in [5, 5.41) is 25.0. The third-order valence-corrected chi connectivity index (χ3v) is 5.05. The lowest BCUT2D eigenvalue weighted by molar-refractivity contribution is 0.0696. The average molecular weight is 395 g/mol. The van der Waals surface area contributed by atoms with Gasteiger partial charge in [0.1, 0.15) is 0 Å². The SMILES string of the molecule is CO.N#CB1CCc2nc(N3CCN(c4ncc(C(=O)O)cn4)CC3)ncc2C1. The summed E-state index contributed by atoms with van der Waals surface area (Å²) in [4.78, 5) is 32.6. The molecule has 1 fully saturated rings. The lowest BCUT2D eigenvalue weighted by Gasteiger charge is -2.35. The lowest BCUT2D eigenvalue weighted by Crippen LogP contribution is -2.47. The molecular weight excluding hydrogens is 373 g/mol. The highest BCUT2D eigenvalue weighted by atomic mass is 16.4. The normalized spacial score (nSPS) is 15.7. The number of nitrogens with zero attached hydrogens (tertiary/aromatic N) is 7. The molecule has 2 aromatic rings. The van der Waals surface area contributed by atoms with E-state index in [4.69, 9.17) is 20.5 Å². The largest absolute Gasteiger partial charge is 0.478 e. The number of carboxylic acid groups (broad SMARTS) is 1. The molecule has 0 unspecified atom stereocenters. The van der Waals surface area contributed by atoms with Crippen molar-refractivity contribution in [1.29, 1.82) is 5.26 Å². The highest BCUT2D eigenvalue weighted by Crippen LogP contribution is 2.22. The highest BCUT2D eigenvalue weighted by molar-refractivity contribution is 6.66. The number of nitriles is 1. The van der Waals surface area contributed by atoms with Gasteiger partial charge >= 0.3 is 5.97 Å². The van der Waals surface area contributed by atoms with E-state index in [9.17, 15) is 4.79 Å². The fourth-order valence-corrected chi connectivity index (χ4v) is 3.46. The summed E-state index contributed by atoms with van der Waals surface area (Å²) in [5.41, 5.74) is 2.22. The molecule has 2 aromatic heterocycles. The van der Waals surface area contributed by atoms with E-state index in [1.54, 1.807) is 0 Å². The Labute approximate surface area is 168 Å². The molecule has 0 radical (unpaired) electrons. The minimum absolute atomic E-state index is 0.0722. The van der Waals surface area contributed by atoms with Crippen molar-refractivity contribution in [2.24, 2.45) is 0 Å². The van der Waals surface area contributed by atoms with Crippen molar-refractivity contribution in [3.8, 4) is 5.97 Å². The van der Waals surface area contributed by atoms with Crippen molar-refractivity contribution in [3.63, 3.8) is 0 Å². The number of piperazine rings is 1. The number of aliphatic hydroxyl groups is 1. The Morgan fingerprint density at radius 2 is 1.66 bits per heavy atom. The minimum Gasteiger partial charge on any atom is -0.478 e. The van der Waals surface area contributed by atoms with Crippen molar-refractivity contribution < 1.29 is 15.0 Å². The third-order valence-electron chi connectivity index (χ3n) is 5.05. The first-order valence-corrected chi connectivity index (χ1v) is 9.38. The van der Waals surface area contributed by atoms with Crippen molar-refractivity contribution >= 4 is 24.6 Å². The summed E-state index contributed by atoms with van der Waals surface area (Å²) in [6.45, 7) is 2.98. The fourth-order valence-electron chi connectivity index (χ4n) is 3.46. The average Bonchev–Trinajstić information content (AvgIpc) is 2.80. The zero-order valence-electron chi connectivity index (χ0n) is 16.2. The third kappa shape index (κ3) is 4.60. The summed E-state index contributed by atoms with van der Waals surface area (Å²) >= 11 is 0. The first kappa shape index (κ1) is 20.5. The number of hydrogen-bond donors (Lipinski definition) is 2. The molecule has 2 aliphatic heterocycles. The van der Waals surface area contributed by atoms with E-state index in [1.165, 1.54) is 12.4 Å². The van der Waals surface area contributed by atoms with E-state index in [0.29, 0.717) is 19.0 Å². The molecule has 2 N–H and O–H groups in total. The molecule has 29 heavy (non-hydrogen) atoms. The Morgan fingerprint density at radius 3 is 2.24 bits per heavy atom. The van der Waals surface area contributed by atoms with Crippen LogP contribution in [0, 0.1) is 11.2 Å². The van der Waals surface area contributed by atoms with Gasteiger partial charge in [0.2, 0.25) is 11.9 Å². The van der Waals surface area contributed by atoms with Gasteiger partial charge < -0.3 is 20.0 Å².